The van der Waals surface area contributed by atoms with Crippen molar-refractivity contribution in [2.75, 3.05) is 11.7 Å². The molecular weight excluding hydrogens is 513 g/mol. The molecule has 1 fully saturated rings. The van der Waals surface area contributed by atoms with Gasteiger partial charge in [-0.2, -0.15) is 15.0 Å². The maximum absolute atomic E-state index is 14.4. The molecule has 1 N–H and O–H groups in total. The van der Waals surface area contributed by atoms with E-state index in [0.717, 1.165) is 32.1 Å². The zero-order valence-corrected chi connectivity index (χ0v) is 22.1. The molecule has 3 aromatic carbocycles. The van der Waals surface area contributed by atoms with Gasteiger partial charge in [-0.25, -0.2) is 4.39 Å². The van der Waals surface area contributed by atoms with Crippen molar-refractivity contribution in [2.24, 2.45) is 0 Å². The molecule has 2 heterocycles. The minimum atomic E-state index is -1.08. The van der Waals surface area contributed by atoms with Crippen LogP contribution in [0.25, 0.3) is 11.0 Å². The number of hydrogen-bond acceptors (Lipinski definition) is 6. The van der Waals surface area contributed by atoms with Crippen molar-refractivity contribution in [3.05, 3.63) is 78.1 Å². The van der Waals surface area contributed by atoms with Gasteiger partial charge in [0.05, 0.1) is 0 Å². The third kappa shape index (κ3) is 5.09. The van der Waals surface area contributed by atoms with Crippen LogP contribution in [0.4, 0.5) is 10.1 Å². The lowest BCUT2D eigenvalue weighted by Crippen LogP contribution is -2.49. The predicted octanol–water partition coefficient (Wildman–Crippen LogP) is 5.08. The van der Waals surface area contributed by atoms with Gasteiger partial charge in [0.25, 0.3) is 5.91 Å². The van der Waals surface area contributed by atoms with E-state index in [1.54, 1.807) is 37.3 Å². The number of nitrogens with one attached hydrogen (secondary N) is 1. The van der Waals surface area contributed by atoms with E-state index >= 15 is 0 Å². The summed E-state index contributed by atoms with van der Waals surface area (Å²) in [7, 11) is 0. The van der Waals surface area contributed by atoms with Crippen LogP contribution >= 0.6 is 0 Å². The van der Waals surface area contributed by atoms with E-state index in [-0.39, 0.29) is 18.7 Å². The molecule has 9 nitrogen and oxygen atoms in total. The lowest BCUT2D eigenvalue weighted by atomic mass is 9.94. The molecule has 0 bridgehead atoms. The quantitative estimate of drug-likeness (QED) is 0.349. The number of rotatable bonds is 7. The number of carbonyl (C=O) groups excluding carboxylic acids is 2. The van der Waals surface area contributed by atoms with Crippen LogP contribution in [0.3, 0.4) is 0 Å². The Balaban J connectivity index is 1.44. The fraction of sp³-hybridized carbons (Fsp3) is 0.333. The van der Waals surface area contributed by atoms with Crippen LogP contribution in [-0.4, -0.2) is 39.6 Å². The summed E-state index contributed by atoms with van der Waals surface area (Å²) < 4.78 is 25.1. The highest BCUT2D eigenvalue weighted by Gasteiger charge is 2.38. The van der Waals surface area contributed by atoms with Crippen LogP contribution < -0.4 is 19.7 Å². The van der Waals surface area contributed by atoms with E-state index in [4.69, 9.17) is 9.47 Å². The summed E-state index contributed by atoms with van der Waals surface area (Å²) in [5.74, 6) is -0.162. The van der Waals surface area contributed by atoms with Gasteiger partial charge in [0.15, 0.2) is 11.5 Å². The highest BCUT2D eigenvalue weighted by molar-refractivity contribution is 6.03. The Bertz CT molecular complexity index is 1500. The topological polar surface area (TPSA) is 98.6 Å². The van der Waals surface area contributed by atoms with Crippen molar-refractivity contribution in [1.29, 1.82) is 0 Å². The summed E-state index contributed by atoms with van der Waals surface area (Å²) >= 11 is 0. The van der Waals surface area contributed by atoms with Gasteiger partial charge in [-0.3, -0.25) is 14.5 Å². The maximum atomic E-state index is 14.4. The molecule has 2 amide bonds. The monoisotopic (exact) mass is 543 g/mol. The van der Waals surface area contributed by atoms with E-state index in [2.05, 4.69) is 15.5 Å². The number of fused-ring (bicyclic) bond motifs is 2. The number of benzene rings is 3. The van der Waals surface area contributed by atoms with E-state index in [1.807, 2.05) is 24.3 Å². The van der Waals surface area contributed by atoms with Crippen LogP contribution in [-0.2, 0) is 9.59 Å². The molecule has 6 rings (SSSR count). The summed E-state index contributed by atoms with van der Waals surface area (Å²) in [6, 6.07) is 16.2. The fourth-order valence-electron chi connectivity index (χ4n) is 5.38. The third-order valence-corrected chi connectivity index (χ3v) is 7.52. The molecule has 2 atom stereocenters. The molecule has 0 spiro atoms. The Morgan fingerprint density at radius 2 is 1.62 bits per heavy atom. The summed E-state index contributed by atoms with van der Waals surface area (Å²) in [6.07, 6.45) is 4.96. The molecule has 1 aromatic heterocycles. The van der Waals surface area contributed by atoms with Crippen molar-refractivity contribution < 1.29 is 23.5 Å². The zero-order chi connectivity index (χ0) is 27.6. The smallest absolute Gasteiger partial charge is 0.254 e. The second kappa shape index (κ2) is 11.0. The maximum Gasteiger partial charge on any atom is 0.254 e. The van der Waals surface area contributed by atoms with Gasteiger partial charge in [-0.15, -0.1) is 0 Å². The SMILES string of the molecule is C[C@@H](C(=O)N(c1ccc2c(c1)OCO2)[C@@H](C(=O)NC1CCCCC1)c1ccc(F)cc1)n1nc2ccccc2n1. The first-order valence-corrected chi connectivity index (χ1v) is 13.6. The number of nitrogens with zero attached hydrogens (tertiary/aromatic N) is 4. The molecule has 40 heavy (non-hydrogen) atoms. The van der Waals surface area contributed by atoms with Crippen LogP contribution in [0.15, 0.2) is 66.7 Å². The molecule has 4 aromatic rings. The van der Waals surface area contributed by atoms with Crippen LogP contribution in [0.1, 0.15) is 56.7 Å². The number of halogens is 1. The van der Waals surface area contributed by atoms with Crippen molar-refractivity contribution in [3.8, 4) is 11.5 Å². The second-order valence-corrected chi connectivity index (χ2v) is 10.2. The molecule has 0 saturated heterocycles. The Labute approximate surface area is 230 Å². The van der Waals surface area contributed by atoms with Gasteiger partial charge in [-0.1, -0.05) is 43.5 Å². The van der Waals surface area contributed by atoms with Gasteiger partial charge in [0.2, 0.25) is 12.7 Å². The number of aromatic nitrogens is 3. The van der Waals surface area contributed by atoms with Gasteiger partial charge < -0.3 is 14.8 Å². The Morgan fingerprint density at radius 1 is 0.950 bits per heavy atom. The van der Waals surface area contributed by atoms with Crippen molar-refractivity contribution in [3.63, 3.8) is 0 Å². The molecular formula is C30H30FN5O4. The van der Waals surface area contributed by atoms with Crippen LogP contribution in [0, 0.1) is 5.82 Å². The molecule has 0 unspecified atom stereocenters. The lowest BCUT2D eigenvalue weighted by Gasteiger charge is -2.34. The van der Waals surface area contributed by atoms with Gasteiger partial charge in [0, 0.05) is 17.8 Å². The van der Waals surface area contributed by atoms with Crippen molar-refractivity contribution in [1.82, 2.24) is 20.3 Å². The first kappa shape index (κ1) is 25.8. The molecule has 1 aliphatic heterocycles. The Morgan fingerprint density at radius 3 is 2.33 bits per heavy atom. The minimum Gasteiger partial charge on any atom is -0.454 e. The fourth-order valence-corrected chi connectivity index (χ4v) is 5.38. The van der Waals surface area contributed by atoms with Gasteiger partial charge in [0.1, 0.15) is 28.9 Å². The lowest BCUT2D eigenvalue weighted by molar-refractivity contribution is -0.128. The number of hydrogen-bond donors (Lipinski definition) is 1. The van der Waals surface area contributed by atoms with E-state index in [1.165, 1.54) is 21.8 Å². The largest absolute Gasteiger partial charge is 0.454 e. The average Bonchev–Trinajstić information content (AvgIpc) is 3.63. The average molecular weight is 544 g/mol. The molecule has 1 saturated carbocycles. The number of amides is 2. The molecule has 1 aliphatic carbocycles. The molecule has 206 valence electrons. The third-order valence-electron chi connectivity index (χ3n) is 7.52. The molecule has 10 heteroatoms. The van der Waals surface area contributed by atoms with Crippen LogP contribution in [0.2, 0.25) is 0 Å². The number of carbonyl (C=O) groups is 2. The highest BCUT2D eigenvalue weighted by atomic mass is 19.1. The van der Waals surface area contributed by atoms with Crippen LogP contribution in [0.5, 0.6) is 11.5 Å². The second-order valence-electron chi connectivity index (χ2n) is 10.2. The van der Waals surface area contributed by atoms with Gasteiger partial charge in [-0.05, 0) is 61.7 Å². The normalized spacial score (nSPS) is 16.4. The van der Waals surface area contributed by atoms with E-state index < -0.39 is 23.8 Å². The summed E-state index contributed by atoms with van der Waals surface area (Å²) in [6.45, 7) is 1.76. The summed E-state index contributed by atoms with van der Waals surface area (Å²) in [5.41, 5.74) is 2.22. The number of anilines is 1. The van der Waals surface area contributed by atoms with Crippen molar-refractivity contribution >= 4 is 28.5 Å². The Hall–Kier alpha value is -4.47. The van der Waals surface area contributed by atoms with E-state index in [9.17, 15) is 14.0 Å². The standard InChI is InChI=1S/C30H30FN5O4/c1-19(36-33-24-9-5-6-10-25(24)34-36)30(38)35(23-15-16-26-27(17-23)40-18-39-26)28(20-11-13-21(31)14-12-20)29(37)32-22-7-3-2-4-8-22/h5-6,9-17,19,22,28H,2-4,7-8,18H2,1H3,(H,32,37)/t19-,28+/m0/s1. The first-order valence-electron chi connectivity index (χ1n) is 13.6. The highest BCUT2D eigenvalue weighted by Crippen LogP contribution is 2.39. The molecule has 2 aliphatic rings. The van der Waals surface area contributed by atoms with Crippen molar-refractivity contribution in [2.45, 2.75) is 57.2 Å². The zero-order valence-electron chi connectivity index (χ0n) is 22.1. The number of ether oxygens (including phenoxy) is 2. The molecule has 0 radical (unpaired) electrons. The van der Waals surface area contributed by atoms with Gasteiger partial charge >= 0.3 is 0 Å². The summed E-state index contributed by atoms with van der Waals surface area (Å²) in [5, 5.41) is 12.2. The van der Waals surface area contributed by atoms with E-state index in [0.29, 0.717) is 33.8 Å². The first-order chi connectivity index (χ1) is 19.5. The summed E-state index contributed by atoms with van der Waals surface area (Å²) in [4.78, 5) is 31.3. The Kier molecular flexibility index (Phi) is 7.06. The minimum absolute atomic E-state index is 0.00779. The predicted molar refractivity (Wildman–Crippen MR) is 146 cm³/mol.